The third-order valence-corrected chi connectivity index (χ3v) is 6.33. The molecule has 2 bridgehead atoms. The van der Waals surface area contributed by atoms with Crippen LogP contribution in [0, 0.1) is 0 Å². The zero-order valence-electron chi connectivity index (χ0n) is 15.6. The number of aromatic hydroxyl groups is 1. The van der Waals surface area contributed by atoms with Gasteiger partial charge in [-0.15, -0.1) is 0 Å². The molecule has 1 saturated heterocycles. The van der Waals surface area contributed by atoms with E-state index in [1.54, 1.807) is 24.4 Å². The molecule has 1 fully saturated rings. The van der Waals surface area contributed by atoms with Gasteiger partial charge in [-0.1, -0.05) is 30.4 Å². The summed E-state index contributed by atoms with van der Waals surface area (Å²) >= 11 is 0. The Kier molecular flexibility index (Phi) is 3.93. The van der Waals surface area contributed by atoms with E-state index >= 15 is 0 Å². The molecule has 0 radical (unpaired) electrons. The fraction of sp³-hybridized carbons (Fsp3) is 0.250. The smallest absolute Gasteiger partial charge is 0.246 e. The average molecular weight is 370 g/mol. The maximum absolute atomic E-state index is 12.9. The molecule has 140 valence electrons. The number of phenols is 1. The van der Waals surface area contributed by atoms with Crippen LogP contribution in [0.4, 0.5) is 0 Å². The van der Waals surface area contributed by atoms with Gasteiger partial charge in [-0.25, -0.2) is 0 Å². The number of benzene rings is 1. The van der Waals surface area contributed by atoms with Gasteiger partial charge in [0.15, 0.2) is 0 Å². The number of pyridine rings is 1. The van der Waals surface area contributed by atoms with Gasteiger partial charge < -0.3 is 10.0 Å². The molecule has 1 amide bonds. The maximum Gasteiger partial charge on any atom is 0.246 e. The summed E-state index contributed by atoms with van der Waals surface area (Å²) in [5.41, 5.74) is 4.40. The first-order valence-corrected chi connectivity index (χ1v) is 9.78. The first kappa shape index (κ1) is 17.0. The third kappa shape index (κ3) is 2.68. The topological polar surface area (TPSA) is 53.4 Å². The van der Waals surface area contributed by atoms with Gasteiger partial charge in [0.25, 0.3) is 0 Å². The number of piperidine rings is 1. The van der Waals surface area contributed by atoms with Crippen molar-refractivity contribution in [1.29, 1.82) is 0 Å². The fourth-order valence-corrected chi connectivity index (χ4v) is 4.97. The highest BCUT2D eigenvalue weighted by molar-refractivity contribution is 5.92. The molecule has 2 aliphatic carbocycles. The van der Waals surface area contributed by atoms with Crippen molar-refractivity contribution in [2.24, 2.45) is 0 Å². The van der Waals surface area contributed by atoms with E-state index in [-0.39, 0.29) is 17.4 Å². The summed E-state index contributed by atoms with van der Waals surface area (Å²) in [5.74, 6) is 0.353. The molecule has 4 heteroatoms. The van der Waals surface area contributed by atoms with Crippen LogP contribution in [0.2, 0.25) is 0 Å². The van der Waals surface area contributed by atoms with Gasteiger partial charge >= 0.3 is 0 Å². The Morgan fingerprint density at radius 1 is 1.25 bits per heavy atom. The first-order valence-electron chi connectivity index (χ1n) is 9.78. The molecule has 1 aliphatic heterocycles. The molecule has 2 heterocycles. The summed E-state index contributed by atoms with van der Waals surface area (Å²) in [7, 11) is 0. The van der Waals surface area contributed by atoms with Crippen molar-refractivity contribution in [1.82, 2.24) is 9.88 Å². The number of nitrogens with zero attached hydrogens (tertiary/aromatic N) is 2. The second-order valence-electron chi connectivity index (χ2n) is 7.81. The number of allylic oxidation sites excluding steroid dienone is 2. The van der Waals surface area contributed by atoms with E-state index in [1.165, 1.54) is 16.7 Å². The standard InChI is InChI=1S/C24H22N2O2/c27-21-10-5-17-4-6-18-7-9-20-16-24(18,22(17)15-21)12-14-26(20)23(28)11-8-19-3-1-2-13-25-19/h1-8,10-11,13,15,20,27H,9,12,14,16H2/b11-8+. The summed E-state index contributed by atoms with van der Waals surface area (Å²) in [6.07, 6.45) is 14.4. The molecule has 3 aliphatic rings. The number of carbonyl (C=O) groups is 1. The van der Waals surface area contributed by atoms with Gasteiger partial charge in [-0.2, -0.15) is 0 Å². The predicted molar refractivity (Wildman–Crippen MR) is 110 cm³/mol. The number of aromatic nitrogens is 1. The average Bonchev–Trinajstić information content (AvgIpc) is 2.73. The van der Waals surface area contributed by atoms with Crippen molar-refractivity contribution in [3.8, 4) is 5.75 Å². The highest BCUT2D eigenvalue weighted by Crippen LogP contribution is 2.52. The summed E-state index contributed by atoms with van der Waals surface area (Å²) in [4.78, 5) is 19.1. The third-order valence-electron chi connectivity index (χ3n) is 6.33. The molecule has 2 atom stereocenters. The van der Waals surface area contributed by atoms with Crippen LogP contribution < -0.4 is 0 Å². The molecule has 4 nitrogen and oxygen atoms in total. The summed E-state index contributed by atoms with van der Waals surface area (Å²) in [5, 5.41) is 10.1. The van der Waals surface area contributed by atoms with E-state index in [4.69, 9.17) is 0 Å². The van der Waals surface area contributed by atoms with E-state index in [0.29, 0.717) is 5.75 Å². The quantitative estimate of drug-likeness (QED) is 0.810. The van der Waals surface area contributed by atoms with Crippen LogP contribution in [0.1, 0.15) is 36.1 Å². The molecule has 2 aromatic rings. The minimum atomic E-state index is -0.0901. The van der Waals surface area contributed by atoms with E-state index in [1.807, 2.05) is 35.2 Å². The van der Waals surface area contributed by atoms with Crippen LogP contribution in [0.5, 0.6) is 5.75 Å². The van der Waals surface area contributed by atoms with E-state index in [2.05, 4.69) is 23.2 Å². The minimum absolute atomic E-state index is 0.0461. The van der Waals surface area contributed by atoms with Gasteiger partial charge in [0, 0.05) is 30.3 Å². The molecule has 28 heavy (non-hydrogen) atoms. The Hall–Kier alpha value is -3.14. The summed E-state index contributed by atoms with van der Waals surface area (Å²) < 4.78 is 0. The van der Waals surface area contributed by atoms with Crippen molar-refractivity contribution >= 4 is 18.1 Å². The molecule has 0 saturated carbocycles. The SMILES string of the molecule is O=C(/C=C/c1ccccn1)N1CCC23CC1CC=C2C=Cc1ccc(O)cc13. The van der Waals surface area contributed by atoms with Crippen LogP contribution >= 0.6 is 0 Å². The van der Waals surface area contributed by atoms with Crippen LogP contribution in [-0.2, 0) is 10.2 Å². The Morgan fingerprint density at radius 3 is 3.04 bits per heavy atom. The van der Waals surface area contributed by atoms with Crippen LogP contribution in [-0.4, -0.2) is 33.5 Å². The number of hydrogen-bond acceptors (Lipinski definition) is 3. The van der Waals surface area contributed by atoms with Crippen molar-refractivity contribution in [2.45, 2.75) is 30.7 Å². The van der Waals surface area contributed by atoms with Gasteiger partial charge in [-0.3, -0.25) is 9.78 Å². The number of hydrogen-bond donors (Lipinski definition) is 1. The van der Waals surface area contributed by atoms with Crippen molar-refractivity contribution in [2.75, 3.05) is 6.54 Å². The zero-order chi connectivity index (χ0) is 19.1. The lowest BCUT2D eigenvalue weighted by atomic mass is 9.59. The number of phenolic OH excluding ortho intramolecular Hbond substituents is 1. The van der Waals surface area contributed by atoms with Crippen molar-refractivity contribution in [3.63, 3.8) is 0 Å². The maximum atomic E-state index is 12.9. The monoisotopic (exact) mass is 370 g/mol. The zero-order valence-corrected chi connectivity index (χ0v) is 15.6. The number of carbonyl (C=O) groups excluding carboxylic acids is 1. The van der Waals surface area contributed by atoms with Gasteiger partial charge in [-0.05, 0) is 66.3 Å². The summed E-state index contributed by atoms with van der Waals surface area (Å²) in [6.45, 7) is 0.719. The molecule has 1 N–H and O–H groups in total. The molecule has 1 aromatic heterocycles. The fourth-order valence-electron chi connectivity index (χ4n) is 4.97. The van der Waals surface area contributed by atoms with Crippen molar-refractivity contribution in [3.05, 3.63) is 83.2 Å². The number of amides is 1. The highest BCUT2D eigenvalue weighted by atomic mass is 16.3. The molecule has 1 spiro atoms. The highest BCUT2D eigenvalue weighted by Gasteiger charge is 2.47. The molecule has 5 rings (SSSR count). The lowest BCUT2D eigenvalue weighted by molar-refractivity contribution is -0.130. The number of likely N-dealkylation sites (tertiary alicyclic amines) is 1. The Morgan fingerprint density at radius 2 is 2.18 bits per heavy atom. The summed E-state index contributed by atoms with van der Waals surface area (Å²) in [6, 6.07) is 11.5. The second-order valence-corrected chi connectivity index (χ2v) is 7.81. The van der Waals surface area contributed by atoms with E-state index in [9.17, 15) is 9.90 Å². The number of rotatable bonds is 2. The molecular weight excluding hydrogens is 348 g/mol. The van der Waals surface area contributed by atoms with Gasteiger partial charge in [0.2, 0.25) is 5.91 Å². The van der Waals surface area contributed by atoms with Gasteiger partial charge in [0.05, 0.1) is 5.69 Å². The van der Waals surface area contributed by atoms with E-state index < -0.39 is 0 Å². The Balaban J connectivity index is 1.43. The van der Waals surface area contributed by atoms with Crippen molar-refractivity contribution < 1.29 is 9.90 Å². The Labute approximate surface area is 164 Å². The van der Waals surface area contributed by atoms with Gasteiger partial charge in [0.1, 0.15) is 5.75 Å². The van der Waals surface area contributed by atoms with Crippen LogP contribution in [0.3, 0.4) is 0 Å². The van der Waals surface area contributed by atoms with E-state index in [0.717, 1.165) is 31.5 Å². The molecular formula is C24H22N2O2. The lowest BCUT2D eigenvalue weighted by Gasteiger charge is -2.51. The van der Waals surface area contributed by atoms with Crippen LogP contribution in [0.25, 0.3) is 12.2 Å². The second kappa shape index (κ2) is 6.48. The first-order chi connectivity index (χ1) is 13.7. The Bertz CT molecular complexity index is 1020. The van der Waals surface area contributed by atoms with Crippen LogP contribution in [0.15, 0.2) is 66.4 Å². The predicted octanol–water partition coefficient (Wildman–Crippen LogP) is 4.09. The normalized spacial score (nSPS) is 25.2. The molecule has 1 aromatic carbocycles. The number of fused-ring (bicyclic) bond motifs is 2. The molecule has 2 unspecified atom stereocenters. The lowest BCUT2D eigenvalue weighted by Crippen LogP contribution is -2.53. The largest absolute Gasteiger partial charge is 0.508 e. The minimum Gasteiger partial charge on any atom is -0.508 e.